The second-order valence-electron chi connectivity index (χ2n) is 5.19. The Hall–Kier alpha value is -1.06. The van der Waals surface area contributed by atoms with Crippen LogP contribution in [0.3, 0.4) is 0 Å². The van der Waals surface area contributed by atoms with Crippen LogP contribution in [0.15, 0.2) is 0 Å². The van der Waals surface area contributed by atoms with E-state index in [4.69, 9.17) is 0 Å². The quantitative estimate of drug-likeness (QED) is 0.802. The molecule has 0 radical (unpaired) electrons. The molecule has 0 spiro atoms. The Labute approximate surface area is 103 Å². The van der Waals surface area contributed by atoms with Gasteiger partial charge in [0.1, 0.15) is 0 Å². The fraction of sp³-hybridized carbons (Fsp3) is 0.846. The van der Waals surface area contributed by atoms with Gasteiger partial charge < -0.3 is 10.2 Å². The van der Waals surface area contributed by atoms with Crippen molar-refractivity contribution in [3.05, 3.63) is 0 Å². The molecule has 1 saturated heterocycles. The van der Waals surface area contributed by atoms with Crippen LogP contribution in [0.1, 0.15) is 45.4 Å². The summed E-state index contributed by atoms with van der Waals surface area (Å²) in [4.78, 5) is 25.3. The normalized spacial score (nSPS) is 21.4. The minimum absolute atomic E-state index is 0.152. The third kappa shape index (κ3) is 3.45. The molecule has 2 rings (SSSR count). The molecule has 0 bridgehead atoms. The van der Waals surface area contributed by atoms with Crippen molar-refractivity contribution in [3.63, 3.8) is 0 Å². The molecule has 0 atom stereocenters. The lowest BCUT2D eigenvalue weighted by atomic mass is 10.0. The molecule has 1 aliphatic carbocycles. The maximum atomic E-state index is 11.8. The number of hydrogen-bond acceptors (Lipinski definition) is 2. The molecule has 0 aromatic heterocycles. The second kappa shape index (κ2) is 5.52. The molecule has 17 heavy (non-hydrogen) atoms. The fourth-order valence-electron chi connectivity index (χ4n) is 2.36. The number of carbonyl (C=O) groups is 2. The smallest absolute Gasteiger partial charge is 0.225 e. The van der Waals surface area contributed by atoms with E-state index in [1.54, 1.807) is 0 Å². The highest BCUT2D eigenvalue weighted by Gasteiger charge is 2.34. The van der Waals surface area contributed by atoms with Crippen LogP contribution in [0.2, 0.25) is 0 Å². The van der Waals surface area contributed by atoms with Gasteiger partial charge in [0, 0.05) is 31.5 Å². The zero-order chi connectivity index (χ0) is 12.3. The number of rotatable bonds is 4. The summed E-state index contributed by atoms with van der Waals surface area (Å²) >= 11 is 0. The average Bonchev–Trinajstić information content (AvgIpc) is 3.13. The Morgan fingerprint density at radius 3 is 2.35 bits per heavy atom. The molecule has 1 aliphatic heterocycles. The van der Waals surface area contributed by atoms with Gasteiger partial charge in [-0.05, 0) is 32.1 Å². The van der Waals surface area contributed by atoms with Crippen LogP contribution in [0.4, 0.5) is 0 Å². The Bertz CT molecular complexity index is 292. The summed E-state index contributed by atoms with van der Waals surface area (Å²) in [6, 6.07) is 0.275. The lowest BCUT2D eigenvalue weighted by Crippen LogP contribution is -2.46. The average molecular weight is 238 g/mol. The van der Waals surface area contributed by atoms with E-state index < -0.39 is 0 Å². The van der Waals surface area contributed by atoms with Crippen LogP contribution in [-0.2, 0) is 9.59 Å². The number of amides is 2. The zero-order valence-corrected chi connectivity index (χ0v) is 10.6. The van der Waals surface area contributed by atoms with E-state index in [-0.39, 0.29) is 11.9 Å². The van der Waals surface area contributed by atoms with Gasteiger partial charge >= 0.3 is 0 Å². The van der Waals surface area contributed by atoms with E-state index in [1.165, 1.54) is 0 Å². The molecule has 2 fully saturated rings. The minimum Gasteiger partial charge on any atom is -0.353 e. The number of piperidine rings is 1. The standard InChI is InChI=1S/C13H22N2O2/c1-2-3-12(16)14-11-6-8-15(9-7-11)13(17)10-4-5-10/h10-11H,2-9H2,1H3,(H,14,16). The van der Waals surface area contributed by atoms with Gasteiger partial charge in [-0.1, -0.05) is 6.92 Å². The molecular weight excluding hydrogens is 216 g/mol. The first-order valence-corrected chi connectivity index (χ1v) is 6.79. The summed E-state index contributed by atoms with van der Waals surface area (Å²) in [5.74, 6) is 0.809. The highest BCUT2D eigenvalue weighted by molar-refractivity contribution is 5.81. The highest BCUT2D eigenvalue weighted by atomic mass is 16.2. The SMILES string of the molecule is CCCC(=O)NC1CCN(C(=O)C2CC2)CC1. The van der Waals surface area contributed by atoms with Gasteiger partial charge in [-0.15, -0.1) is 0 Å². The van der Waals surface area contributed by atoms with Crippen molar-refractivity contribution in [2.75, 3.05) is 13.1 Å². The highest BCUT2D eigenvalue weighted by Crippen LogP contribution is 2.31. The lowest BCUT2D eigenvalue weighted by molar-refractivity contribution is -0.133. The van der Waals surface area contributed by atoms with Crippen molar-refractivity contribution in [1.29, 1.82) is 0 Å². The van der Waals surface area contributed by atoms with Gasteiger partial charge in [0.25, 0.3) is 0 Å². The van der Waals surface area contributed by atoms with Crippen LogP contribution in [0.5, 0.6) is 0 Å². The van der Waals surface area contributed by atoms with Gasteiger partial charge in [-0.25, -0.2) is 0 Å². The first-order valence-electron chi connectivity index (χ1n) is 6.79. The first kappa shape index (κ1) is 12.4. The largest absolute Gasteiger partial charge is 0.353 e. The molecule has 2 amide bonds. The molecule has 4 heteroatoms. The number of likely N-dealkylation sites (tertiary alicyclic amines) is 1. The molecule has 2 aliphatic rings. The zero-order valence-electron chi connectivity index (χ0n) is 10.6. The number of carbonyl (C=O) groups excluding carboxylic acids is 2. The predicted molar refractivity (Wildman–Crippen MR) is 65.4 cm³/mol. The van der Waals surface area contributed by atoms with Crippen LogP contribution in [0.25, 0.3) is 0 Å². The molecule has 0 unspecified atom stereocenters. The van der Waals surface area contributed by atoms with E-state index in [1.807, 2.05) is 11.8 Å². The van der Waals surface area contributed by atoms with Crippen LogP contribution < -0.4 is 5.32 Å². The summed E-state index contributed by atoms with van der Waals surface area (Å²) in [6.45, 7) is 3.63. The maximum absolute atomic E-state index is 11.8. The third-order valence-corrected chi connectivity index (χ3v) is 3.58. The first-order chi connectivity index (χ1) is 8.20. The lowest BCUT2D eigenvalue weighted by Gasteiger charge is -2.32. The van der Waals surface area contributed by atoms with E-state index in [9.17, 15) is 9.59 Å². The molecule has 1 saturated carbocycles. The van der Waals surface area contributed by atoms with Crippen molar-refractivity contribution in [2.24, 2.45) is 5.92 Å². The number of hydrogen-bond donors (Lipinski definition) is 1. The van der Waals surface area contributed by atoms with Gasteiger partial charge in [0.2, 0.25) is 11.8 Å². The summed E-state index contributed by atoms with van der Waals surface area (Å²) in [6.07, 6.45) is 5.48. The summed E-state index contributed by atoms with van der Waals surface area (Å²) in [5, 5.41) is 3.05. The van der Waals surface area contributed by atoms with Gasteiger partial charge in [-0.2, -0.15) is 0 Å². The van der Waals surface area contributed by atoms with Crippen molar-refractivity contribution in [1.82, 2.24) is 10.2 Å². The molecule has 96 valence electrons. The van der Waals surface area contributed by atoms with Crippen molar-refractivity contribution >= 4 is 11.8 Å². The predicted octanol–water partition coefficient (Wildman–Crippen LogP) is 1.30. The maximum Gasteiger partial charge on any atom is 0.225 e. The molecule has 0 aromatic carbocycles. The van der Waals surface area contributed by atoms with E-state index >= 15 is 0 Å². The summed E-state index contributed by atoms with van der Waals surface area (Å²) in [7, 11) is 0. The molecule has 1 heterocycles. The summed E-state index contributed by atoms with van der Waals surface area (Å²) in [5.41, 5.74) is 0. The second-order valence-corrected chi connectivity index (χ2v) is 5.19. The molecule has 1 N–H and O–H groups in total. The Morgan fingerprint density at radius 2 is 1.82 bits per heavy atom. The minimum atomic E-state index is 0.152. The Balaban J connectivity index is 1.70. The third-order valence-electron chi connectivity index (χ3n) is 3.58. The Kier molecular flexibility index (Phi) is 4.02. The van der Waals surface area contributed by atoms with E-state index in [0.29, 0.717) is 18.2 Å². The molecular formula is C13H22N2O2. The topological polar surface area (TPSA) is 49.4 Å². The van der Waals surface area contributed by atoms with Crippen molar-refractivity contribution in [2.45, 2.75) is 51.5 Å². The van der Waals surface area contributed by atoms with Crippen LogP contribution in [-0.4, -0.2) is 35.8 Å². The van der Waals surface area contributed by atoms with Gasteiger partial charge in [0.05, 0.1) is 0 Å². The van der Waals surface area contributed by atoms with E-state index in [0.717, 1.165) is 45.2 Å². The number of nitrogens with zero attached hydrogens (tertiary/aromatic N) is 1. The summed E-state index contributed by atoms with van der Waals surface area (Å²) < 4.78 is 0. The van der Waals surface area contributed by atoms with Gasteiger partial charge in [-0.3, -0.25) is 9.59 Å². The van der Waals surface area contributed by atoms with Crippen LogP contribution in [0, 0.1) is 5.92 Å². The fourth-order valence-corrected chi connectivity index (χ4v) is 2.36. The van der Waals surface area contributed by atoms with Crippen molar-refractivity contribution in [3.8, 4) is 0 Å². The monoisotopic (exact) mass is 238 g/mol. The molecule has 0 aromatic rings. The van der Waals surface area contributed by atoms with E-state index in [2.05, 4.69) is 5.32 Å². The molecule has 4 nitrogen and oxygen atoms in total. The Morgan fingerprint density at radius 1 is 1.18 bits per heavy atom. The van der Waals surface area contributed by atoms with Crippen molar-refractivity contribution < 1.29 is 9.59 Å². The van der Waals surface area contributed by atoms with Gasteiger partial charge in [0.15, 0.2) is 0 Å². The number of nitrogens with one attached hydrogen (secondary N) is 1. The van der Waals surface area contributed by atoms with Crippen LogP contribution >= 0.6 is 0 Å².